The largest absolute Gasteiger partial charge is 0.347 e. The molecule has 1 fully saturated rings. The van der Waals surface area contributed by atoms with Crippen molar-refractivity contribution in [3.8, 4) is 0 Å². The Balaban J connectivity index is 1.70. The van der Waals surface area contributed by atoms with E-state index < -0.39 is 0 Å². The predicted octanol–water partition coefficient (Wildman–Crippen LogP) is 1.63. The average molecular weight is 268 g/mol. The highest BCUT2D eigenvalue weighted by Gasteiger charge is 2.21. The third-order valence-corrected chi connectivity index (χ3v) is 5.49. The molecular weight excluding hydrogens is 252 g/mol. The summed E-state index contributed by atoms with van der Waals surface area (Å²) in [6.45, 7) is 1.93. The molecule has 0 unspecified atom stereocenters. The second kappa shape index (κ2) is 5.00. The number of hydrogen-bond donors (Lipinski definition) is 2. The van der Waals surface area contributed by atoms with Gasteiger partial charge < -0.3 is 10.6 Å². The zero-order chi connectivity index (χ0) is 11.7. The quantitative estimate of drug-likeness (QED) is 0.856. The molecule has 0 aliphatic carbocycles. The summed E-state index contributed by atoms with van der Waals surface area (Å²) in [5, 5.41) is 6.37. The lowest BCUT2D eigenvalue weighted by Crippen LogP contribution is -2.35. The van der Waals surface area contributed by atoms with E-state index in [1.54, 1.807) is 11.3 Å². The molecule has 2 aliphatic heterocycles. The highest BCUT2D eigenvalue weighted by Crippen LogP contribution is 2.31. The van der Waals surface area contributed by atoms with Crippen LogP contribution in [0, 0.1) is 0 Å². The van der Waals surface area contributed by atoms with Crippen molar-refractivity contribution >= 4 is 29.0 Å². The van der Waals surface area contributed by atoms with E-state index in [9.17, 15) is 4.79 Å². The normalized spacial score (nSPS) is 23.4. The minimum absolute atomic E-state index is 0.114. The molecule has 3 nitrogen and oxygen atoms in total. The fraction of sp³-hybridized carbons (Fsp3) is 0.583. The molecule has 1 aromatic heterocycles. The molecule has 1 amide bonds. The van der Waals surface area contributed by atoms with E-state index in [2.05, 4.69) is 16.7 Å². The topological polar surface area (TPSA) is 41.1 Å². The van der Waals surface area contributed by atoms with E-state index in [-0.39, 0.29) is 5.91 Å². The van der Waals surface area contributed by atoms with Crippen molar-refractivity contribution < 1.29 is 4.79 Å². The standard InChI is InChI=1S/C12H16N2OS2/c15-12(14-9-1-3-13-6-9)11-5-8-7-16-4-2-10(8)17-11/h5,9,13H,1-4,6-7H2,(H,14,15)/t9-/m0/s1. The van der Waals surface area contributed by atoms with E-state index >= 15 is 0 Å². The van der Waals surface area contributed by atoms with Crippen LogP contribution in [-0.4, -0.2) is 30.8 Å². The Hall–Kier alpha value is -0.520. The lowest BCUT2D eigenvalue weighted by Gasteiger charge is -2.09. The van der Waals surface area contributed by atoms with E-state index in [1.165, 1.54) is 16.2 Å². The Morgan fingerprint density at radius 1 is 1.53 bits per heavy atom. The van der Waals surface area contributed by atoms with Gasteiger partial charge in [-0.1, -0.05) is 0 Å². The molecule has 1 aromatic rings. The SMILES string of the molecule is O=C(N[C@H]1CCNC1)c1cc2c(s1)CCSC2. The van der Waals surface area contributed by atoms with Gasteiger partial charge >= 0.3 is 0 Å². The number of carbonyl (C=O) groups excluding carboxylic acids is 1. The predicted molar refractivity (Wildman–Crippen MR) is 72.9 cm³/mol. The van der Waals surface area contributed by atoms with Crippen LogP contribution in [0.15, 0.2) is 6.07 Å². The summed E-state index contributed by atoms with van der Waals surface area (Å²) in [6, 6.07) is 2.40. The molecule has 3 rings (SSSR count). The highest BCUT2D eigenvalue weighted by molar-refractivity contribution is 7.98. The number of hydrogen-bond acceptors (Lipinski definition) is 4. The van der Waals surface area contributed by atoms with Crippen molar-refractivity contribution in [1.82, 2.24) is 10.6 Å². The maximum Gasteiger partial charge on any atom is 0.261 e. The first-order valence-corrected chi connectivity index (χ1v) is 8.01. The van der Waals surface area contributed by atoms with Crippen molar-refractivity contribution in [2.24, 2.45) is 0 Å². The van der Waals surface area contributed by atoms with Crippen LogP contribution < -0.4 is 10.6 Å². The van der Waals surface area contributed by atoms with Crippen LogP contribution in [0.2, 0.25) is 0 Å². The number of rotatable bonds is 2. The summed E-state index contributed by atoms with van der Waals surface area (Å²) >= 11 is 3.64. The zero-order valence-corrected chi connectivity index (χ0v) is 11.3. The lowest BCUT2D eigenvalue weighted by molar-refractivity contribution is 0.0944. The lowest BCUT2D eigenvalue weighted by atomic mass is 10.2. The molecule has 1 saturated heterocycles. The van der Waals surface area contributed by atoms with E-state index in [0.29, 0.717) is 6.04 Å². The molecule has 0 saturated carbocycles. The minimum Gasteiger partial charge on any atom is -0.347 e. The van der Waals surface area contributed by atoms with Gasteiger partial charge in [0.1, 0.15) is 0 Å². The maximum atomic E-state index is 12.1. The third kappa shape index (κ3) is 2.51. The van der Waals surface area contributed by atoms with E-state index in [1.807, 2.05) is 11.8 Å². The minimum atomic E-state index is 0.114. The number of fused-ring (bicyclic) bond motifs is 1. The summed E-state index contributed by atoms with van der Waals surface area (Å²) in [6.07, 6.45) is 2.18. The number of amides is 1. The number of thiophene rings is 1. The molecule has 0 bridgehead atoms. The maximum absolute atomic E-state index is 12.1. The van der Waals surface area contributed by atoms with Gasteiger partial charge in [-0.15, -0.1) is 11.3 Å². The molecule has 17 heavy (non-hydrogen) atoms. The van der Waals surface area contributed by atoms with Crippen molar-refractivity contribution in [2.45, 2.75) is 24.6 Å². The molecule has 2 aliphatic rings. The third-order valence-electron chi connectivity index (χ3n) is 3.25. The van der Waals surface area contributed by atoms with Crippen LogP contribution in [-0.2, 0) is 12.2 Å². The number of thioether (sulfide) groups is 1. The number of aryl methyl sites for hydroxylation is 1. The molecule has 0 spiro atoms. The first-order chi connectivity index (χ1) is 8.33. The van der Waals surface area contributed by atoms with Crippen molar-refractivity contribution in [1.29, 1.82) is 0 Å². The monoisotopic (exact) mass is 268 g/mol. The van der Waals surface area contributed by atoms with Crippen LogP contribution in [0.3, 0.4) is 0 Å². The molecule has 2 N–H and O–H groups in total. The first-order valence-electron chi connectivity index (χ1n) is 6.04. The fourth-order valence-corrected chi connectivity index (χ4v) is 4.57. The van der Waals surface area contributed by atoms with Gasteiger partial charge in [-0.2, -0.15) is 11.8 Å². The van der Waals surface area contributed by atoms with Gasteiger partial charge in [-0.25, -0.2) is 0 Å². The van der Waals surface area contributed by atoms with Crippen molar-refractivity contribution in [2.75, 3.05) is 18.8 Å². The molecule has 92 valence electrons. The molecular formula is C12H16N2OS2. The van der Waals surface area contributed by atoms with E-state index in [0.717, 1.165) is 36.6 Å². The first kappa shape index (κ1) is 11.6. The van der Waals surface area contributed by atoms with Gasteiger partial charge in [0, 0.05) is 23.2 Å². The smallest absolute Gasteiger partial charge is 0.261 e. The van der Waals surface area contributed by atoms with E-state index in [4.69, 9.17) is 0 Å². The van der Waals surface area contributed by atoms with Crippen molar-refractivity contribution in [3.63, 3.8) is 0 Å². The van der Waals surface area contributed by atoms with Crippen LogP contribution in [0.1, 0.15) is 26.5 Å². The van der Waals surface area contributed by atoms with Crippen LogP contribution in [0.25, 0.3) is 0 Å². The van der Waals surface area contributed by atoms with Crippen LogP contribution in [0.5, 0.6) is 0 Å². The average Bonchev–Trinajstić information content (AvgIpc) is 2.96. The number of nitrogens with one attached hydrogen (secondary N) is 2. The molecule has 0 radical (unpaired) electrons. The molecule has 3 heterocycles. The van der Waals surface area contributed by atoms with Gasteiger partial charge in [-0.05, 0) is 36.8 Å². The molecule has 0 aromatic carbocycles. The Kier molecular flexibility index (Phi) is 3.40. The van der Waals surface area contributed by atoms with Gasteiger partial charge in [-0.3, -0.25) is 4.79 Å². The summed E-state index contributed by atoms with van der Waals surface area (Å²) in [7, 11) is 0. The Morgan fingerprint density at radius 2 is 2.47 bits per heavy atom. The number of carbonyl (C=O) groups is 1. The fourth-order valence-electron chi connectivity index (χ4n) is 2.29. The second-order valence-electron chi connectivity index (χ2n) is 4.52. The second-order valence-corrected chi connectivity index (χ2v) is 6.77. The van der Waals surface area contributed by atoms with Gasteiger partial charge in [0.2, 0.25) is 0 Å². The highest BCUT2D eigenvalue weighted by atomic mass is 32.2. The van der Waals surface area contributed by atoms with Crippen molar-refractivity contribution in [3.05, 3.63) is 21.4 Å². The Labute approximate surface area is 109 Å². The summed E-state index contributed by atoms with van der Waals surface area (Å²) in [4.78, 5) is 14.4. The zero-order valence-electron chi connectivity index (χ0n) is 9.62. The Morgan fingerprint density at radius 3 is 3.24 bits per heavy atom. The Bertz CT molecular complexity index is 401. The van der Waals surface area contributed by atoms with Crippen LogP contribution >= 0.6 is 23.1 Å². The van der Waals surface area contributed by atoms with Crippen LogP contribution in [0.4, 0.5) is 0 Å². The summed E-state index contributed by atoms with van der Waals surface area (Å²) in [5.74, 6) is 2.38. The van der Waals surface area contributed by atoms with Gasteiger partial charge in [0.25, 0.3) is 5.91 Å². The van der Waals surface area contributed by atoms with Gasteiger partial charge in [0.15, 0.2) is 0 Å². The summed E-state index contributed by atoms with van der Waals surface area (Å²) < 4.78 is 0. The molecule has 1 atom stereocenters. The molecule has 5 heteroatoms. The van der Waals surface area contributed by atoms with Gasteiger partial charge in [0.05, 0.1) is 4.88 Å². The summed E-state index contributed by atoms with van der Waals surface area (Å²) in [5.41, 5.74) is 1.38.